The molecule has 14 heavy (non-hydrogen) atoms. The summed E-state index contributed by atoms with van der Waals surface area (Å²) >= 11 is 0. The summed E-state index contributed by atoms with van der Waals surface area (Å²) in [6.45, 7) is 0.979. The Kier molecular flexibility index (Phi) is 4.39. The normalized spacial score (nSPS) is 20.6. The lowest BCUT2D eigenvalue weighted by molar-refractivity contribution is -0.395. The van der Waals surface area contributed by atoms with Crippen LogP contribution in [-0.2, 0) is 4.79 Å². The summed E-state index contributed by atoms with van der Waals surface area (Å²) in [6, 6.07) is 0. The first-order valence-electron chi connectivity index (χ1n) is 5.70. The van der Waals surface area contributed by atoms with Crippen LogP contribution in [0.3, 0.4) is 0 Å². The number of aliphatic carboxylic acids is 1. The molecule has 1 rings (SSSR count). The lowest BCUT2D eigenvalue weighted by Gasteiger charge is -2.34. The van der Waals surface area contributed by atoms with Crippen molar-refractivity contribution in [1.82, 2.24) is 0 Å². The molecule has 3 heteroatoms. The number of rotatable bonds is 5. The predicted molar refractivity (Wildman–Crippen MR) is 54.8 cm³/mol. The molecule has 0 aromatic heterocycles. The van der Waals surface area contributed by atoms with Crippen molar-refractivity contribution >= 4 is 5.97 Å². The van der Waals surface area contributed by atoms with Crippen LogP contribution >= 0.6 is 0 Å². The minimum absolute atomic E-state index is 0.321. The average Bonchev–Trinajstić information content (AvgIpc) is 2.19. The van der Waals surface area contributed by atoms with Gasteiger partial charge < -0.3 is 10.8 Å². The average molecular weight is 200 g/mol. The molecule has 0 spiro atoms. The topological polar surface area (TPSA) is 64.9 Å². The fourth-order valence-electron chi connectivity index (χ4n) is 2.54. The maximum Gasteiger partial charge on any atom is 0.303 e. The molecule has 1 aliphatic rings. The van der Waals surface area contributed by atoms with Crippen LogP contribution in [0.1, 0.15) is 51.4 Å². The maximum atomic E-state index is 10.4. The summed E-state index contributed by atoms with van der Waals surface area (Å²) in [5, 5.41) is 8.58. The van der Waals surface area contributed by atoms with E-state index in [0.717, 1.165) is 19.4 Å². The quantitative estimate of drug-likeness (QED) is 0.705. The van der Waals surface area contributed by atoms with Gasteiger partial charge in [0.25, 0.3) is 0 Å². The highest BCUT2D eigenvalue weighted by Crippen LogP contribution is 2.39. The highest BCUT2D eigenvalue weighted by atomic mass is 16.4. The maximum absolute atomic E-state index is 10.4. The van der Waals surface area contributed by atoms with Gasteiger partial charge in [-0.05, 0) is 25.7 Å². The number of carbonyl (C=O) groups is 1. The van der Waals surface area contributed by atoms with Crippen molar-refractivity contribution in [3.63, 3.8) is 0 Å². The summed E-state index contributed by atoms with van der Waals surface area (Å²) in [6.07, 6.45) is 8.69. The van der Waals surface area contributed by atoms with Gasteiger partial charge in [0, 0.05) is 11.8 Å². The van der Waals surface area contributed by atoms with E-state index < -0.39 is 5.97 Å². The van der Waals surface area contributed by atoms with E-state index in [1.54, 1.807) is 0 Å². The summed E-state index contributed by atoms with van der Waals surface area (Å²) in [7, 11) is 0. The first kappa shape index (κ1) is 11.5. The van der Waals surface area contributed by atoms with Gasteiger partial charge in [0.1, 0.15) is 0 Å². The van der Waals surface area contributed by atoms with E-state index in [0.29, 0.717) is 11.8 Å². The minimum atomic E-state index is -0.667. The third kappa shape index (κ3) is 3.29. The molecule has 0 saturated heterocycles. The molecule has 0 bridgehead atoms. The second-order valence-electron chi connectivity index (χ2n) is 4.56. The second-order valence-corrected chi connectivity index (χ2v) is 4.56. The molecule has 1 aliphatic carbocycles. The van der Waals surface area contributed by atoms with E-state index in [2.05, 4.69) is 5.73 Å². The first-order valence-corrected chi connectivity index (χ1v) is 5.70. The Hall–Kier alpha value is -0.570. The van der Waals surface area contributed by atoms with Crippen LogP contribution in [0.2, 0.25) is 0 Å². The van der Waals surface area contributed by atoms with Crippen LogP contribution in [0.4, 0.5) is 0 Å². The van der Waals surface area contributed by atoms with Gasteiger partial charge in [0.05, 0.1) is 6.54 Å². The van der Waals surface area contributed by atoms with Gasteiger partial charge in [0.15, 0.2) is 0 Å². The zero-order valence-corrected chi connectivity index (χ0v) is 8.93. The van der Waals surface area contributed by atoms with E-state index in [1.165, 1.54) is 32.1 Å². The Morgan fingerprint density at radius 3 is 2.43 bits per heavy atom. The molecule has 0 heterocycles. The van der Waals surface area contributed by atoms with Crippen molar-refractivity contribution in [2.75, 3.05) is 6.54 Å². The molecule has 0 aliphatic heterocycles. The van der Waals surface area contributed by atoms with Crippen molar-refractivity contribution in [3.05, 3.63) is 0 Å². The summed E-state index contributed by atoms with van der Waals surface area (Å²) in [4.78, 5) is 10.4. The highest BCUT2D eigenvalue weighted by molar-refractivity contribution is 5.66. The highest BCUT2D eigenvalue weighted by Gasteiger charge is 2.31. The van der Waals surface area contributed by atoms with Crippen molar-refractivity contribution in [2.24, 2.45) is 5.41 Å². The molecule has 0 radical (unpaired) electrons. The molecule has 0 aromatic rings. The van der Waals surface area contributed by atoms with Crippen molar-refractivity contribution in [2.45, 2.75) is 51.4 Å². The van der Waals surface area contributed by atoms with Gasteiger partial charge in [-0.3, -0.25) is 4.79 Å². The number of hydrogen-bond donors (Lipinski definition) is 2. The third-order valence-corrected chi connectivity index (χ3v) is 3.54. The molecule has 82 valence electrons. The van der Waals surface area contributed by atoms with E-state index in [-0.39, 0.29) is 0 Å². The SMILES string of the molecule is [NH3+]CC1(CCCC(=O)O)CCCCC1. The van der Waals surface area contributed by atoms with Gasteiger partial charge in [-0.1, -0.05) is 19.3 Å². The van der Waals surface area contributed by atoms with Crippen molar-refractivity contribution in [1.29, 1.82) is 0 Å². The predicted octanol–water partition coefficient (Wildman–Crippen LogP) is 1.43. The molecular weight excluding hydrogens is 178 g/mol. The molecule has 0 aromatic carbocycles. The lowest BCUT2D eigenvalue weighted by atomic mass is 9.71. The summed E-state index contributed by atoms with van der Waals surface area (Å²) in [5.41, 5.74) is 4.41. The number of carboxylic acids is 1. The number of quaternary nitrogens is 1. The standard InChI is InChI=1S/C11H21NO2/c12-9-11(6-2-1-3-7-11)8-4-5-10(13)14/h1-9,12H2,(H,13,14)/p+1. The van der Waals surface area contributed by atoms with E-state index in [9.17, 15) is 4.79 Å². The van der Waals surface area contributed by atoms with Crippen LogP contribution in [0.25, 0.3) is 0 Å². The van der Waals surface area contributed by atoms with Crippen molar-refractivity contribution in [3.8, 4) is 0 Å². The molecule has 1 fully saturated rings. The smallest absolute Gasteiger partial charge is 0.303 e. The van der Waals surface area contributed by atoms with Crippen LogP contribution in [0.15, 0.2) is 0 Å². The van der Waals surface area contributed by atoms with Crippen LogP contribution in [0, 0.1) is 5.41 Å². The van der Waals surface area contributed by atoms with E-state index in [1.807, 2.05) is 0 Å². The monoisotopic (exact) mass is 200 g/mol. The molecule has 4 N–H and O–H groups in total. The fourth-order valence-corrected chi connectivity index (χ4v) is 2.54. The fraction of sp³-hybridized carbons (Fsp3) is 0.909. The van der Waals surface area contributed by atoms with Gasteiger partial charge in [0.2, 0.25) is 0 Å². The minimum Gasteiger partial charge on any atom is -0.481 e. The summed E-state index contributed by atoms with van der Waals surface area (Å²) < 4.78 is 0. The molecule has 3 nitrogen and oxygen atoms in total. The Labute approximate surface area is 85.7 Å². The molecule has 0 atom stereocenters. The first-order chi connectivity index (χ1) is 6.68. The zero-order valence-electron chi connectivity index (χ0n) is 8.93. The molecule has 0 unspecified atom stereocenters. The number of hydrogen-bond acceptors (Lipinski definition) is 1. The van der Waals surface area contributed by atoms with Gasteiger partial charge in [-0.15, -0.1) is 0 Å². The molecule has 1 saturated carbocycles. The van der Waals surface area contributed by atoms with Gasteiger partial charge in [-0.2, -0.15) is 0 Å². The zero-order chi connectivity index (χ0) is 10.4. The van der Waals surface area contributed by atoms with Crippen LogP contribution < -0.4 is 5.73 Å². The van der Waals surface area contributed by atoms with E-state index in [4.69, 9.17) is 5.11 Å². The van der Waals surface area contributed by atoms with Gasteiger partial charge >= 0.3 is 5.97 Å². The summed E-state index contributed by atoms with van der Waals surface area (Å²) in [5.74, 6) is -0.667. The molecular formula is C11H22NO2+. The van der Waals surface area contributed by atoms with E-state index >= 15 is 0 Å². The molecule has 0 amide bonds. The Morgan fingerprint density at radius 1 is 1.29 bits per heavy atom. The van der Waals surface area contributed by atoms with Crippen molar-refractivity contribution < 1.29 is 15.6 Å². The lowest BCUT2D eigenvalue weighted by Crippen LogP contribution is -2.58. The number of carboxylic acid groups (broad SMARTS) is 1. The second kappa shape index (κ2) is 5.35. The van der Waals surface area contributed by atoms with Crippen LogP contribution in [0.5, 0.6) is 0 Å². The van der Waals surface area contributed by atoms with Crippen LogP contribution in [-0.4, -0.2) is 17.6 Å². The Balaban J connectivity index is 2.32. The Morgan fingerprint density at radius 2 is 1.93 bits per heavy atom. The Bertz CT molecular complexity index is 186. The van der Waals surface area contributed by atoms with Gasteiger partial charge in [-0.25, -0.2) is 0 Å². The largest absolute Gasteiger partial charge is 0.481 e. The third-order valence-electron chi connectivity index (χ3n) is 3.54.